The predicted molar refractivity (Wildman–Crippen MR) is 91.1 cm³/mol. The van der Waals surface area contributed by atoms with Crippen LogP contribution < -0.4 is 4.74 Å². The summed E-state index contributed by atoms with van der Waals surface area (Å²) in [6.07, 6.45) is 1.66. The molecule has 136 valence electrons. The Labute approximate surface area is 147 Å². The van der Waals surface area contributed by atoms with Crippen molar-refractivity contribution in [3.05, 3.63) is 30.3 Å². The van der Waals surface area contributed by atoms with Crippen molar-refractivity contribution in [1.29, 1.82) is 0 Å². The lowest BCUT2D eigenvalue weighted by Gasteiger charge is -2.33. The van der Waals surface area contributed by atoms with Gasteiger partial charge in [0.05, 0.1) is 18.9 Å². The predicted octanol–water partition coefficient (Wildman–Crippen LogP) is 1.24. The van der Waals surface area contributed by atoms with Crippen molar-refractivity contribution in [2.75, 3.05) is 33.3 Å². The molecule has 1 unspecified atom stereocenters. The number of carbonyl (C=O) groups excluding carboxylic acids is 2. The molecule has 0 aliphatic carbocycles. The second-order valence-corrected chi connectivity index (χ2v) is 6.18. The number of hydrogen-bond acceptors (Lipinski definition) is 4. The number of ether oxygens (including phenoxy) is 1. The molecule has 0 bridgehead atoms. The van der Waals surface area contributed by atoms with Gasteiger partial charge in [-0.1, -0.05) is 18.2 Å². The number of likely N-dealkylation sites (tertiary alicyclic amines) is 1. The number of piperidine rings is 1. The zero-order chi connectivity index (χ0) is 18.2. The number of nitrogens with zero attached hydrogens (tertiary/aromatic N) is 2. The molecule has 0 saturated carbocycles. The highest BCUT2D eigenvalue weighted by Gasteiger charge is 2.30. The van der Waals surface area contributed by atoms with Crippen LogP contribution in [0, 0.1) is 5.92 Å². The highest BCUT2D eigenvalue weighted by atomic mass is 16.5. The number of amides is 2. The molecule has 1 aliphatic heterocycles. The molecule has 1 atom stereocenters. The van der Waals surface area contributed by atoms with Gasteiger partial charge in [-0.15, -0.1) is 0 Å². The fourth-order valence-electron chi connectivity index (χ4n) is 2.93. The Morgan fingerprint density at radius 1 is 1.28 bits per heavy atom. The highest BCUT2D eigenvalue weighted by molar-refractivity contribution is 5.84. The Kier molecular flexibility index (Phi) is 6.80. The van der Waals surface area contributed by atoms with Gasteiger partial charge in [-0.25, -0.2) is 0 Å². The number of rotatable bonds is 7. The Hall–Kier alpha value is -2.57. The molecule has 1 N–H and O–H groups in total. The maximum Gasteiger partial charge on any atom is 0.323 e. The standard InChI is InChI=1S/C18H24N2O5/c1-19(13-17(22)23)18(24)14-6-5-10-20(12-14)16(21)9-11-25-15-7-3-2-4-8-15/h2-4,7-8,14H,5-6,9-13H2,1H3,(H,22,23). The topological polar surface area (TPSA) is 87.2 Å². The van der Waals surface area contributed by atoms with Crippen LogP contribution in [0.15, 0.2) is 30.3 Å². The SMILES string of the molecule is CN(CC(=O)O)C(=O)C1CCCN(C(=O)CCOc2ccccc2)C1. The van der Waals surface area contributed by atoms with Gasteiger partial charge < -0.3 is 19.6 Å². The number of hydrogen-bond donors (Lipinski definition) is 1. The minimum Gasteiger partial charge on any atom is -0.493 e. The fraction of sp³-hybridized carbons (Fsp3) is 0.500. The Morgan fingerprint density at radius 2 is 2.00 bits per heavy atom. The van der Waals surface area contributed by atoms with E-state index in [4.69, 9.17) is 9.84 Å². The van der Waals surface area contributed by atoms with E-state index in [0.29, 0.717) is 19.5 Å². The van der Waals surface area contributed by atoms with Crippen molar-refractivity contribution >= 4 is 17.8 Å². The molecule has 0 spiro atoms. The molecule has 7 nitrogen and oxygen atoms in total. The van der Waals surface area contributed by atoms with E-state index in [1.54, 1.807) is 4.90 Å². The maximum atomic E-state index is 12.3. The zero-order valence-electron chi connectivity index (χ0n) is 14.4. The molecule has 2 rings (SSSR count). The molecule has 1 aromatic rings. The molecule has 0 radical (unpaired) electrons. The Morgan fingerprint density at radius 3 is 2.68 bits per heavy atom. The van der Waals surface area contributed by atoms with Crippen molar-refractivity contribution in [2.45, 2.75) is 19.3 Å². The normalized spacial score (nSPS) is 17.0. The van der Waals surface area contributed by atoms with E-state index in [0.717, 1.165) is 12.2 Å². The summed E-state index contributed by atoms with van der Waals surface area (Å²) in [6.45, 7) is 0.925. The summed E-state index contributed by atoms with van der Waals surface area (Å²) in [5.41, 5.74) is 0. The van der Waals surface area contributed by atoms with Crippen molar-refractivity contribution in [1.82, 2.24) is 9.80 Å². The molecule has 2 amide bonds. The maximum absolute atomic E-state index is 12.3. The number of likely N-dealkylation sites (N-methyl/N-ethyl adjacent to an activating group) is 1. The molecule has 1 fully saturated rings. The van der Waals surface area contributed by atoms with Crippen LogP contribution in [0.2, 0.25) is 0 Å². The molecular weight excluding hydrogens is 324 g/mol. The lowest BCUT2D eigenvalue weighted by atomic mass is 9.96. The van der Waals surface area contributed by atoms with Gasteiger partial charge in [0.1, 0.15) is 12.3 Å². The van der Waals surface area contributed by atoms with Gasteiger partial charge in [-0.05, 0) is 25.0 Å². The first kappa shape index (κ1) is 18.8. The molecule has 1 aromatic carbocycles. The van der Waals surface area contributed by atoms with E-state index in [1.165, 1.54) is 11.9 Å². The summed E-state index contributed by atoms with van der Waals surface area (Å²) in [7, 11) is 1.48. The number of aliphatic carboxylic acids is 1. The zero-order valence-corrected chi connectivity index (χ0v) is 14.4. The summed E-state index contributed by atoms with van der Waals surface area (Å²) in [5, 5.41) is 8.79. The van der Waals surface area contributed by atoms with Gasteiger partial charge >= 0.3 is 5.97 Å². The Bertz CT molecular complexity index is 605. The lowest BCUT2D eigenvalue weighted by Crippen LogP contribution is -2.47. The number of carboxylic acids is 1. The average molecular weight is 348 g/mol. The third kappa shape index (κ3) is 5.77. The van der Waals surface area contributed by atoms with Crippen LogP contribution in [-0.4, -0.2) is 66.0 Å². The monoisotopic (exact) mass is 348 g/mol. The van der Waals surface area contributed by atoms with Crippen LogP contribution in [0.25, 0.3) is 0 Å². The first-order valence-electron chi connectivity index (χ1n) is 8.39. The number of para-hydroxylation sites is 1. The third-order valence-electron chi connectivity index (χ3n) is 4.20. The fourth-order valence-corrected chi connectivity index (χ4v) is 2.93. The Balaban J connectivity index is 1.80. The van der Waals surface area contributed by atoms with E-state index in [-0.39, 0.29) is 37.3 Å². The lowest BCUT2D eigenvalue weighted by molar-refractivity contribution is -0.147. The van der Waals surface area contributed by atoms with Gasteiger partial charge in [-0.3, -0.25) is 14.4 Å². The molecule has 1 saturated heterocycles. The smallest absolute Gasteiger partial charge is 0.323 e. The van der Waals surface area contributed by atoms with Crippen molar-refractivity contribution in [2.24, 2.45) is 5.92 Å². The van der Waals surface area contributed by atoms with Gasteiger partial charge in [0.2, 0.25) is 11.8 Å². The summed E-state index contributed by atoms with van der Waals surface area (Å²) < 4.78 is 5.54. The van der Waals surface area contributed by atoms with Gasteiger partial charge in [0, 0.05) is 20.1 Å². The minimum absolute atomic E-state index is 0.0469. The number of carboxylic acid groups (broad SMARTS) is 1. The summed E-state index contributed by atoms with van der Waals surface area (Å²) in [6, 6.07) is 9.29. The quantitative estimate of drug-likeness (QED) is 0.801. The first-order valence-corrected chi connectivity index (χ1v) is 8.39. The van der Waals surface area contributed by atoms with E-state index in [2.05, 4.69) is 0 Å². The van der Waals surface area contributed by atoms with Crippen LogP contribution in [0.1, 0.15) is 19.3 Å². The first-order chi connectivity index (χ1) is 12.0. The van der Waals surface area contributed by atoms with E-state index < -0.39 is 5.97 Å². The molecule has 1 aliphatic rings. The summed E-state index contributed by atoms with van der Waals surface area (Å²) >= 11 is 0. The summed E-state index contributed by atoms with van der Waals surface area (Å²) in [5.74, 6) is -0.929. The molecular formula is C18H24N2O5. The molecule has 1 heterocycles. The van der Waals surface area contributed by atoms with Crippen LogP contribution in [0.5, 0.6) is 5.75 Å². The number of carbonyl (C=O) groups is 3. The van der Waals surface area contributed by atoms with E-state index in [1.807, 2.05) is 30.3 Å². The molecule has 25 heavy (non-hydrogen) atoms. The molecule has 7 heteroatoms. The van der Waals surface area contributed by atoms with Crippen molar-refractivity contribution in [3.8, 4) is 5.75 Å². The van der Waals surface area contributed by atoms with Crippen LogP contribution >= 0.6 is 0 Å². The second-order valence-electron chi connectivity index (χ2n) is 6.18. The van der Waals surface area contributed by atoms with Crippen LogP contribution in [-0.2, 0) is 14.4 Å². The minimum atomic E-state index is -1.04. The second kappa shape index (κ2) is 9.05. The summed E-state index contributed by atoms with van der Waals surface area (Å²) in [4.78, 5) is 38.2. The van der Waals surface area contributed by atoms with E-state index in [9.17, 15) is 14.4 Å². The third-order valence-corrected chi connectivity index (χ3v) is 4.20. The molecule has 0 aromatic heterocycles. The van der Waals surface area contributed by atoms with E-state index >= 15 is 0 Å². The van der Waals surface area contributed by atoms with Crippen molar-refractivity contribution < 1.29 is 24.2 Å². The van der Waals surface area contributed by atoms with Gasteiger partial charge in [0.25, 0.3) is 0 Å². The van der Waals surface area contributed by atoms with Gasteiger partial charge in [-0.2, -0.15) is 0 Å². The largest absolute Gasteiger partial charge is 0.493 e. The highest BCUT2D eigenvalue weighted by Crippen LogP contribution is 2.19. The van der Waals surface area contributed by atoms with Crippen LogP contribution in [0.4, 0.5) is 0 Å². The van der Waals surface area contributed by atoms with Crippen LogP contribution in [0.3, 0.4) is 0 Å². The average Bonchev–Trinajstić information content (AvgIpc) is 2.61. The number of benzene rings is 1. The van der Waals surface area contributed by atoms with Crippen molar-refractivity contribution in [3.63, 3.8) is 0 Å². The van der Waals surface area contributed by atoms with Gasteiger partial charge in [0.15, 0.2) is 0 Å².